The minimum Gasteiger partial charge on any atom is -0.496 e. The Hall–Kier alpha value is -4.10. The molecule has 9 nitrogen and oxygen atoms in total. The largest absolute Gasteiger partial charge is 0.496 e. The van der Waals surface area contributed by atoms with E-state index < -0.39 is 41.3 Å². The Morgan fingerprint density at radius 2 is 1.52 bits per heavy atom. The van der Waals surface area contributed by atoms with Crippen LogP contribution in [-0.2, 0) is 16.0 Å². The first-order valence-corrected chi connectivity index (χ1v) is 15.3. The molecule has 232 valence electrons. The van der Waals surface area contributed by atoms with E-state index in [0.717, 1.165) is 22.7 Å². The van der Waals surface area contributed by atoms with Crippen LogP contribution in [0.1, 0.15) is 51.1 Å². The fourth-order valence-electron chi connectivity index (χ4n) is 5.05. The van der Waals surface area contributed by atoms with Crippen LogP contribution in [0.15, 0.2) is 24.3 Å². The molecular weight excluding hydrogens is 618 g/mol. The summed E-state index contributed by atoms with van der Waals surface area (Å²) >= 11 is 2.12. The summed E-state index contributed by atoms with van der Waals surface area (Å²) < 4.78 is 48.6. The van der Waals surface area contributed by atoms with Crippen LogP contribution in [0.4, 0.5) is 8.78 Å². The summed E-state index contributed by atoms with van der Waals surface area (Å²) in [5.41, 5.74) is 0.253. The van der Waals surface area contributed by atoms with Gasteiger partial charge in [0.1, 0.15) is 11.6 Å². The van der Waals surface area contributed by atoms with Crippen LogP contribution in [0.3, 0.4) is 0 Å². The number of rotatable bonds is 14. The van der Waals surface area contributed by atoms with Gasteiger partial charge in [0.05, 0.1) is 42.4 Å². The van der Waals surface area contributed by atoms with Gasteiger partial charge in [-0.15, -0.1) is 22.7 Å². The summed E-state index contributed by atoms with van der Waals surface area (Å²) in [7, 11) is 2.75. The Kier molecular flexibility index (Phi) is 8.89. The van der Waals surface area contributed by atoms with Gasteiger partial charge in [0, 0.05) is 44.1 Å². The Morgan fingerprint density at radius 3 is 2.14 bits per heavy atom. The van der Waals surface area contributed by atoms with Crippen molar-refractivity contribution >= 4 is 66.4 Å². The molecule has 1 saturated carbocycles. The Labute approximate surface area is 258 Å². The predicted molar refractivity (Wildman–Crippen MR) is 160 cm³/mol. The van der Waals surface area contributed by atoms with Crippen molar-refractivity contribution in [1.82, 2.24) is 0 Å². The molecule has 13 heteroatoms. The van der Waals surface area contributed by atoms with Gasteiger partial charge >= 0.3 is 11.9 Å². The maximum absolute atomic E-state index is 15.6. The number of methoxy groups -OCH3 is 2. The molecule has 2 aromatic heterocycles. The molecule has 0 bridgehead atoms. The van der Waals surface area contributed by atoms with Gasteiger partial charge in [-0.05, 0) is 37.5 Å². The Bertz CT molecular complexity index is 1810. The molecule has 44 heavy (non-hydrogen) atoms. The number of aliphatic carboxylic acids is 2. The van der Waals surface area contributed by atoms with Crippen molar-refractivity contribution in [3.8, 4) is 17.2 Å². The highest BCUT2D eigenvalue weighted by Gasteiger charge is 2.48. The lowest BCUT2D eigenvalue weighted by atomic mass is 10.0. The number of halogens is 2. The number of ether oxygens (including phenoxy) is 3. The average molecular weight is 647 g/mol. The number of benzene rings is 2. The zero-order chi connectivity index (χ0) is 31.9. The first-order chi connectivity index (χ1) is 20.9. The molecule has 0 amide bonds. The molecule has 3 atom stereocenters. The molecule has 1 fully saturated rings. The third-order valence-corrected chi connectivity index (χ3v) is 9.86. The maximum atomic E-state index is 15.6. The molecule has 2 aromatic carbocycles. The first kappa shape index (κ1) is 31.3. The number of hydrogen-bond donors (Lipinski definition) is 2. The Balaban J connectivity index is 1.31. The molecule has 0 saturated heterocycles. The number of ketones is 2. The van der Waals surface area contributed by atoms with E-state index in [2.05, 4.69) is 0 Å². The number of carboxylic acids is 2. The van der Waals surface area contributed by atoms with Gasteiger partial charge in [-0.3, -0.25) is 19.2 Å². The van der Waals surface area contributed by atoms with E-state index >= 15 is 8.78 Å². The smallest absolute Gasteiger partial charge is 0.307 e. The predicted octanol–water partition coefficient (Wildman–Crippen LogP) is 6.62. The van der Waals surface area contributed by atoms with Crippen molar-refractivity contribution in [1.29, 1.82) is 0 Å². The van der Waals surface area contributed by atoms with Crippen molar-refractivity contribution in [2.75, 3.05) is 20.8 Å². The molecule has 1 aliphatic rings. The van der Waals surface area contributed by atoms with Gasteiger partial charge in [-0.1, -0.05) is 6.92 Å². The lowest BCUT2D eigenvalue weighted by Gasteiger charge is -2.14. The second-order valence-corrected chi connectivity index (χ2v) is 12.8. The highest BCUT2D eigenvalue weighted by Crippen LogP contribution is 2.45. The van der Waals surface area contributed by atoms with Crippen LogP contribution in [-0.4, -0.2) is 54.5 Å². The monoisotopic (exact) mass is 646 g/mol. The van der Waals surface area contributed by atoms with Crippen LogP contribution in [0.5, 0.6) is 17.2 Å². The van der Waals surface area contributed by atoms with E-state index in [1.165, 1.54) is 33.3 Å². The number of carboxylic acid groups (broad SMARTS) is 2. The SMILES string of the molecule is COc1cc2sc(C(=O)C[C@H](C)C(=O)O)cc2c(F)c1CCCOc1c(OC)cc2sc(C(=O)[C@@H]3CC3C(=O)O)cc2c1F. The third kappa shape index (κ3) is 5.98. The quantitative estimate of drug-likeness (QED) is 0.114. The van der Waals surface area contributed by atoms with Crippen LogP contribution in [0.25, 0.3) is 20.2 Å². The number of hydrogen-bond acceptors (Lipinski definition) is 9. The lowest BCUT2D eigenvalue weighted by molar-refractivity contribution is -0.141. The second-order valence-electron chi connectivity index (χ2n) is 10.6. The lowest BCUT2D eigenvalue weighted by Crippen LogP contribution is -2.13. The summed E-state index contributed by atoms with van der Waals surface area (Å²) in [6.45, 7) is 1.42. The zero-order valence-corrected chi connectivity index (χ0v) is 25.5. The van der Waals surface area contributed by atoms with Gasteiger partial charge in [0.25, 0.3) is 0 Å². The van der Waals surface area contributed by atoms with Crippen molar-refractivity contribution < 1.29 is 52.4 Å². The number of thiophene rings is 2. The van der Waals surface area contributed by atoms with E-state index in [-0.39, 0.29) is 87.2 Å². The van der Waals surface area contributed by atoms with E-state index in [0.29, 0.717) is 9.40 Å². The zero-order valence-electron chi connectivity index (χ0n) is 23.9. The van der Waals surface area contributed by atoms with Crippen LogP contribution in [0, 0.1) is 29.4 Å². The number of fused-ring (bicyclic) bond motifs is 2. The molecule has 5 rings (SSSR count). The normalized spacial score (nSPS) is 16.6. The van der Waals surface area contributed by atoms with Gasteiger partial charge in [0.15, 0.2) is 28.9 Å². The maximum Gasteiger partial charge on any atom is 0.307 e. The van der Waals surface area contributed by atoms with Crippen LogP contribution >= 0.6 is 22.7 Å². The average Bonchev–Trinajstić information content (AvgIpc) is 3.49. The highest BCUT2D eigenvalue weighted by atomic mass is 32.1. The fourth-order valence-corrected chi connectivity index (χ4v) is 7.17. The standard InChI is InChI=1S/C31H28F2O9S2/c1-13(30(36)37)7-19(34)24-9-17-22(43-24)11-20(40-2)14(26(17)32)5-4-6-42-29-21(41-3)12-23-18(27(29)33)10-25(44-23)28(35)15-8-16(15)31(38)39/h9-13,15-16H,4-8H2,1-3H3,(H,36,37)(H,38,39)/t13-,15+,16?/m0/s1. The van der Waals surface area contributed by atoms with Crippen molar-refractivity contribution in [3.05, 3.63) is 51.2 Å². The molecule has 2 N–H and O–H groups in total. The molecule has 1 aliphatic carbocycles. The van der Waals surface area contributed by atoms with Gasteiger partial charge < -0.3 is 24.4 Å². The first-order valence-electron chi connectivity index (χ1n) is 13.7. The Morgan fingerprint density at radius 1 is 0.909 bits per heavy atom. The van der Waals surface area contributed by atoms with Crippen molar-refractivity contribution in [3.63, 3.8) is 0 Å². The van der Waals surface area contributed by atoms with Crippen LogP contribution < -0.4 is 14.2 Å². The van der Waals surface area contributed by atoms with Crippen molar-refractivity contribution in [2.24, 2.45) is 17.8 Å². The molecule has 4 aromatic rings. The third-order valence-electron chi connectivity index (χ3n) is 7.64. The summed E-state index contributed by atoms with van der Waals surface area (Å²) in [5, 5.41) is 18.6. The number of carbonyl (C=O) groups is 4. The molecular formula is C31H28F2O9S2. The summed E-state index contributed by atoms with van der Waals surface area (Å²) in [5.74, 6) is -6.09. The topological polar surface area (TPSA) is 136 Å². The number of carbonyl (C=O) groups excluding carboxylic acids is 2. The summed E-state index contributed by atoms with van der Waals surface area (Å²) in [4.78, 5) is 48.1. The van der Waals surface area contributed by atoms with E-state index in [1.54, 1.807) is 12.1 Å². The van der Waals surface area contributed by atoms with Gasteiger partial charge in [-0.2, -0.15) is 0 Å². The minimum absolute atomic E-state index is 0.0157. The second kappa shape index (κ2) is 12.5. The molecule has 2 heterocycles. The van der Waals surface area contributed by atoms with E-state index in [4.69, 9.17) is 24.4 Å². The number of Topliss-reactive ketones (excluding diaryl/α,β-unsaturated/α-hetero) is 2. The highest BCUT2D eigenvalue weighted by molar-refractivity contribution is 7.21. The molecule has 0 spiro atoms. The van der Waals surface area contributed by atoms with Gasteiger partial charge in [-0.25, -0.2) is 8.78 Å². The van der Waals surface area contributed by atoms with Crippen molar-refractivity contribution in [2.45, 2.75) is 32.6 Å². The molecule has 0 aliphatic heterocycles. The van der Waals surface area contributed by atoms with Crippen LogP contribution in [0.2, 0.25) is 0 Å². The molecule has 0 radical (unpaired) electrons. The minimum atomic E-state index is -1.09. The summed E-state index contributed by atoms with van der Waals surface area (Å²) in [6, 6.07) is 6.01. The van der Waals surface area contributed by atoms with E-state index in [1.807, 2.05) is 0 Å². The fraction of sp³-hybridized carbons (Fsp3) is 0.355. The van der Waals surface area contributed by atoms with Gasteiger partial charge in [0.2, 0.25) is 0 Å². The summed E-state index contributed by atoms with van der Waals surface area (Å²) in [6.07, 6.45) is 0.483. The molecule has 1 unspecified atom stereocenters. The van der Waals surface area contributed by atoms with E-state index in [9.17, 15) is 19.2 Å².